The number of carbonyl (C=O) groups excluding carboxylic acids is 1. The maximum Gasteiger partial charge on any atom is 0.255 e. The van der Waals surface area contributed by atoms with E-state index in [1.165, 1.54) is 35.6 Å². The van der Waals surface area contributed by atoms with Crippen LogP contribution in [0.3, 0.4) is 0 Å². The zero-order valence-corrected chi connectivity index (χ0v) is 16.8. The minimum atomic E-state index is -3.64. The van der Waals surface area contributed by atoms with E-state index in [0.29, 0.717) is 35.9 Å². The van der Waals surface area contributed by atoms with Crippen molar-refractivity contribution in [3.8, 4) is 11.5 Å². The summed E-state index contributed by atoms with van der Waals surface area (Å²) in [4.78, 5) is 12.6. The molecule has 2 aliphatic heterocycles. The maximum atomic E-state index is 12.7. The zero-order chi connectivity index (χ0) is 20.4. The number of ether oxygens (including phenoxy) is 3. The number of nitrogens with zero attached hydrogens (tertiary/aromatic N) is 1. The fraction of sp³-hybridized carbons (Fsp3) is 0.350. The van der Waals surface area contributed by atoms with Gasteiger partial charge in [-0.15, -0.1) is 0 Å². The van der Waals surface area contributed by atoms with Crippen LogP contribution in [0.25, 0.3) is 0 Å². The Morgan fingerprint density at radius 3 is 2.62 bits per heavy atom. The molecule has 1 saturated heterocycles. The molecule has 1 N–H and O–H groups in total. The molecule has 29 heavy (non-hydrogen) atoms. The smallest absolute Gasteiger partial charge is 0.255 e. The minimum absolute atomic E-state index is 0.0680. The lowest BCUT2D eigenvalue weighted by atomic mass is 10.2. The van der Waals surface area contributed by atoms with Gasteiger partial charge in [-0.3, -0.25) is 4.79 Å². The fourth-order valence-electron chi connectivity index (χ4n) is 3.31. The van der Waals surface area contributed by atoms with E-state index < -0.39 is 10.0 Å². The average Bonchev–Trinajstić information content (AvgIpc) is 3.39. The molecule has 1 fully saturated rings. The molecule has 8 nitrogen and oxygen atoms in total. The van der Waals surface area contributed by atoms with Crippen molar-refractivity contribution in [2.24, 2.45) is 0 Å². The summed E-state index contributed by atoms with van der Waals surface area (Å²) in [6.07, 6.45) is 1.74. The number of fused-ring (bicyclic) bond motifs is 1. The van der Waals surface area contributed by atoms with Crippen LogP contribution in [0.2, 0.25) is 0 Å². The van der Waals surface area contributed by atoms with Gasteiger partial charge in [0.05, 0.1) is 11.0 Å². The Kier molecular flexibility index (Phi) is 5.44. The highest BCUT2D eigenvalue weighted by atomic mass is 32.2. The highest BCUT2D eigenvalue weighted by Gasteiger charge is 2.26. The number of anilines is 1. The first-order valence-electron chi connectivity index (χ1n) is 9.32. The number of hydrogen-bond donors (Lipinski definition) is 1. The second-order valence-corrected chi connectivity index (χ2v) is 9.01. The van der Waals surface area contributed by atoms with Crippen LogP contribution in [0.15, 0.2) is 47.4 Å². The van der Waals surface area contributed by atoms with Gasteiger partial charge in [-0.25, -0.2) is 8.42 Å². The van der Waals surface area contributed by atoms with E-state index in [1.807, 2.05) is 0 Å². The third kappa shape index (κ3) is 4.21. The van der Waals surface area contributed by atoms with Crippen LogP contribution in [0.5, 0.6) is 11.5 Å². The Bertz CT molecular complexity index is 1000. The maximum absolute atomic E-state index is 12.7. The van der Waals surface area contributed by atoms with Gasteiger partial charge >= 0.3 is 0 Å². The van der Waals surface area contributed by atoms with Crippen molar-refractivity contribution in [3.05, 3.63) is 48.0 Å². The van der Waals surface area contributed by atoms with Crippen LogP contribution < -0.4 is 14.8 Å². The summed E-state index contributed by atoms with van der Waals surface area (Å²) in [5, 5.41) is 2.77. The van der Waals surface area contributed by atoms with Crippen molar-refractivity contribution >= 4 is 21.6 Å². The molecule has 0 aromatic heterocycles. The molecule has 2 aliphatic rings. The topological polar surface area (TPSA) is 94.2 Å². The molecular formula is C20H22N2O6S. The largest absolute Gasteiger partial charge is 0.454 e. The predicted octanol–water partition coefficient (Wildman–Crippen LogP) is 2.47. The van der Waals surface area contributed by atoms with Crippen molar-refractivity contribution in [1.29, 1.82) is 0 Å². The third-order valence-electron chi connectivity index (χ3n) is 4.94. The number of nitrogens with one attached hydrogen (secondary N) is 1. The molecule has 1 atom stereocenters. The molecule has 4 rings (SSSR count). The second kappa shape index (κ2) is 8.02. The summed E-state index contributed by atoms with van der Waals surface area (Å²) in [6, 6.07) is 11.0. The van der Waals surface area contributed by atoms with E-state index in [-0.39, 0.29) is 23.7 Å². The van der Waals surface area contributed by atoms with Crippen LogP contribution >= 0.6 is 0 Å². The summed E-state index contributed by atoms with van der Waals surface area (Å²) in [6.45, 7) is 1.14. The van der Waals surface area contributed by atoms with Gasteiger partial charge in [0.2, 0.25) is 16.8 Å². The van der Waals surface area contributed by atoms with E-state index in [0.717, 1.165) is 12.8 Å². The number of rotatable bonds is 6. The molecule has 1 amide bonds. The van der Waals surface area contributed by atoms with Crippen molar-refractivity contribution in [2.75, 3.05) is 32.3 Å². The Labute approximate surface area is 169 Å². The fourth-order valence-corrected chi connectivity index (χ4v) is 4.51. The number of amides is 1. The van der Waals surface area contributed by atoms with Crippen LogP contribution in [-0.2, 0) is 14.8 Å². The lowest BCUT2D eigenvalue weighted by Gasteiger charge is -2.20. The Morgan fingerprint density at radius 1 is 1.14 bits per heavy atom. The normalized spacial score (nSPS) is 18.2. The van der Waals surface area contributed by atoms with Crippen molar-refractivity contribution in [2.45, 2.75) is 23.8 Å². The van der Waals surface area contributed by atoms with E-state index in [9.17, 15) is 13.2 Å². The first-order chi connectivity index (χ1) is 13.9. The molecule has 0 unspecified atom stereocenters. The Morgan fingerprint density at radius 2 is 1.90 bits per heavy atom. The van der Waals surface area contributed by atoms with Crippen molar-refractivity contribution in [3.63, 3.8) is 0 Å². The summed E-state index contributed by atoms with van der Waals surface area (Å²) >= 11 is 0. The molecule has 0 aliphatic carbocycles. The number of carbonyl (C=O) groups is 1. The zero-order valence-electron chi connectivity index (χ0n) is 16.0. The highest BCUT2D eigenvalue weighted by molar-refractivity contribution is 7.89. The van der Waals surface area contributed by atoms with Gasteiger partial charge in [0.1, 0.15) is 0 Å². The lowest BCUT2D eigenvalue weighted by Crippen LogP contribution is -2.34. The van der Waals surface area contributed by atoms with Gasteiger partial charge in [-0.05, 0) is 49.2 Å². The van der Waals surface area contributed by atoms with Gasteiger partial charge in [0.15, 0.2) is 11.5 Å². The SMILES string of the molecule is CN(C[C@H]1CCCO1)S(=O)(=O)c1ccc(C(=O)Nc2ccc3c(c2)OCO3)cc1. The van der Waals surface area contributed by atoms with Crippen LogP contribution in [0.4, 0.5) is 5.69 Å². The van der Waals surface area contributed by atoms with E-state index >= 15 is 0 Å². The van der Waals surface area contributed by atoms with E-state index in [2.05, 4.69) is 5.32 Å². The third-order valence-corrected chi connectivity index (χ3v) is 6.78. The molecule has 2 aromatic rings. The van der Waals surface area contributed by atoms with Crippen molar-refractivity contribution in [1.82, 2.24) is 4.31 Å². The molecular weight excluding hydrogens is 396 g/mol. The summed E-state index contributed by atoms with van der Waals surface area (Å²) in [5.74, 6) is 0.851. The van der Waals surface area contributed by atoms with Crippen LogP contribution in [0, 0.1) is 0 Å². The molecule has 0 spiro atoms. The summed E-state index contributed by atoms with van der Waals surface area (Å²) in [7, 11) is -2.10. The summed E-state index contributed by atoms with van der Waals surface area (Å²) in [5.41, 5.74) is 0.913. The predicted molar refractivity (Wildman–Crippen MR) is 106 cm³/mol. The van der Waals surface area contributed by atoms with Gasteiger partial charge in [0, 0.05) is 37.5 Å². The first kappa shape index (κ1) is 19.7. The Hall–Kier alpha value is -2.62. The molecule has 0 radical (unpaired) electrons. The number of benzene rings is 2. The molecule has 154 valence electrons. The van der Waals surface area contributed by atoms with Crippen LogP contribution in [-0.4, -0.2) is 51.7 Å². The monoisotopic (exact) mass is 418 g/mol. The van der Waals surface area contributed by atoms with Gasteiger partial charge in [0.25, 0.3) is 5.91 Å². The molecule has 0 saturated carbocycles. The van der Waals surface area contributed by atoms with Gasteiger partial charge < -0.3 is 19.5 Å². The molecule has 9 heteroatoms. The summed E-state index contributed by atoms with van der Waals surface area (Å²) < 4.78 is 42.8. The standard InChI is InChI=1S/C20H22N2O6S/c1-22(12-16-3-2-10-26-16)29(24,25)17-7-4-14(5-8-17)20(23)21-15-6-9-18-19(11-15)28-13-27-18/h4-9,11,16H,2-3,10,12-13H2,1H3,(H,21,23)/t16-/m1/s1. The van der Waals surface area contributed by atoms with E-state index in [4.69, 9.17) is 14.2 Å². The first-order valence-corrected chi connectivity index (χ1v) is 10.8. The molecule has 0 bridgehead atoms. The number of likely N-dealkylation sites (N-methyl/N-ethyl adjacent to an activating group) is 1. The quantitative estimate of drug-likeness (QED) is 0.775. The van der Waals surface area contributed by atoms with Crippen LogP contribution in [0.1, 0.15) is 23.2 Å². The number of hydrogen-bond acceptors (Lipinski definition) is 6. The highest BCUT2D eigenvalue weighted by Crippen LogP contribution is 2.34. The van der Waals surface area contributed by atoms with Gasteiger partial charge in [-0.1, -0.05) is 0 Å². The van der Waals surface area contributed by atoms with Gasteiger partial charge in [-0.2, -0.15) is 4.31 Å². The molecule has 2 heterocycles. The average molecular weight is 418 g/mol. The lowest BCUT2D eigenvalue weighted by molar-refractivity contribution is 0.0979. The Balaban J connectivity index is 1.43. The number of sulfonamides is 1. The second-order valence-electron chi connectivity index (χ2n) is 6.97. The van der Waals surface area contributed by atoms with Crippen molar-refractivity contribution < 1.29 is 27.4 Å². The minimum Gasteiger partial charge on any atom is -0.454 e. The molecule has 2 aromatic carbocycles. The van der Waals surface area contributed by atoms with E-state index in [1.54, 1.807) is 18.2 Å².